The molecule has 4 aliphatic rings. The number of benzene rings is 4. The summed E-state index contributed by atoms with van der Waals surface area (Å²) in [5, 5.41) is 31.8. The number of fused-ring (bicyclic) bond motifs is 4. The molecule has 5 N–H and O–H groups in total. The van der Waals surface area contributed by atoms with Gasteiger partial charge in [-0.25, -0.2) is 22.0 Å². The molecular formula is C61H66F5N9O7. The normalized spacial score (nSPS) is 20.8. The summed E-state index contributed by atoms with van der Waals surface area (Å²) < 4.78 is 86.9. The van der Waals surface area contributed by atoms with Gasteiger partial charge in [0, 0.05) is 93.0 Å². The van der Waals surface area contributed by atoms with Crippen molar-refractivity contribution in [3.05, 3.63) is 107 Å². The molecule has 7 atom stereocenters. The zero-order chi connectivity index (χ0) is 58.1. The molecule has 4 aromatic carbocycles. The van der Waals surface area contributed by atoms with Crippen molar-refractivity contribution in [1.82, 2.24) is 40.7 Å². The van der Waals surface area contributed by atoms with Crippen LogP contribution in [0.5, 0.6) is 11.8 Å². The van der Waals surface area contributed by atoms with Crippen LogP contribution >= 0.6 is 0 Å². The molecule has 6 heterocycles. The summed E-state index contributed by atoms with van der Waals surface area (Å²) in [4.78, 5) is 61.1. The zero-order valence-electron chi connectivity index (χ0n) is 46.1. The first kappa shape index (κ1) is 57.7. The second-order valence-electron chi connectivity index (χ2n) is 22.9. The van der Waals surface area contributed by atoms with Crippen LogP contribution in [0.1, 0.15) is 89.8 Å². The van der Waals surface area contributed by atoms with Crippen LogP contribution in [0.3, 0.4) is 0 Å². The fourth-order valence-electron chi connectivity index (χ4n) is 11.9. The van der Waals surface area contributed by atoms with Crippen molar-refractivity contribution >= 4 is 45.2 Å². The fourth-order valence-corrected chi connectivity index (χ4v) is 11.9. The van der Waals surface area contributed by atoms with E-state index in [2.05, 4.69) is 41.6 Å². The number of carbonyl (C=O) groups excluding carboxylic acids is 3. The summed E-state index contributed by atoms with van der Waals surface area (Å²) in [6.45, 7) is 10.3. The lowest BCUT2D eigenvalue weighted by molar-refractivity contribution is -0.144. The molecule has 432 valence electrons. The molecule has 82 heavy (non-hydrogen) atoms. The Morgan fingerprint density at radius 2 is 1.65 bits per heavy atom. The molecular weight excluding hydrogens is 1070 g/mol. The predicted molar refractivity (Wildman–Crippen MR) is 298 cm³/mol. The Morgan fingerprint density at radius 3 is 2.35 bits per heavy atom. The minimum Gasteiger partial charge on any atom is -0.508 e. The Hall–Kier alpha value is -7.51. The number of phenolic OH excluding ortho intramolecular Hbond substituents is 1. The monoisotopic (exact) mass is 1130 g/mol. The van der Waals surface area contributed by atoms with Crippen LogP contribution in [0.25, 0.3) is 44.1 Å². The van der Waals surface area contributed by atoms with E-state index in [0.29, 0.717) is 66.9 Å². The van der Waals surface area contributed by atoms with Crippen molar-refractivity contribution in [3.8, 4) is 46.5 Å². The standard InChI is InChI=1S/C61H66F5N9O7/c1-6-43-46(63)17-14-36-23-41(76)26-44(51(36)43)54-53(66)55-45(28-67-54)57(74-29-38-15-16-39(30-74)69-38)72-60(71-55)82-32-40-9-7-19-73(40)20-8-21-81-22-18-50(78)70-56(61(3,4)5)59(80)75-31-42(77)27-49(75)58(79)68-33(2)34-10-12-35(13-11-34)52-47(64)24-37(62)25-48(52)65/h1,10-14,17,23-26,28,33,38-40,42,49,56,69,76-77H,7-9,15-16,18-22,27,29-32H2,2-5H3,(H,68,79)(H,70,78)/t33-,38?,39?,40-,42+,49-,56+/m0/s1. The summed E-state index contributed by atoms with van der Waals surface area (Å²) in [6.07, 6.45) is 10.6. The first-order valence-corrected chi connectivity index (χ1v) is 27.8. The van der Waals surface area contributed by atoms with E-state index >= 15 is 8.78 Å². The Morgan fingerprint density at radius 1 is 0.915 bits per heavy atom. The fraction of sp³-hybridized carbons (Fsp3) is 0.443. The van der Waals surface area contributed by atoms with Crippen molar-refractivity contribution in [1.29, 1.82) is 0 Å². The summed E-state index contributed by atoms with van der Waals surface area (Å²) in [7, 11) is 0. The number of nitrogens with one attached hydrogen (secondary N) is 3. The smallest absolute Gasteiger partial charge is 0.319 e. The lowest BCUT2D eigenvalue weighted by atomic mass is 9.85. The van der Waals surface area contributed by atoms with Gasteiger partial charge in [0.25, 0.3) is 0 Å². The minimum absolute atomic E-state index is 0.0102. The van der Waals surface area contributed by atoms with Crippen molar-refractivity contribution in [2.45, 2.75) is 115 Å². The average molecular weight is 1130 g/mol. The summed E-state index contributed by atoms with van der Waals surface area (Å²) in [5.41, 5.74) is -0.597. The average Bonchev–Trinajstić information content (AvgIpc) is 3.11. The number of hydrogen-bond acceptors (Lipinski definition) is 13. The van der Waals surface area contributed by atoms with Gasteiger partial charge in [-0.05, 0) is 85.7 Å². The molecule has 2 aromatic heterocycles. The maximum absolute atomic E-state index is 17.1. The van der Waals surface area contributed by atoms with Crippen LogP contribution in [0, 0.1) is 46.8 Å². The Balaban J connectivity index is 0.731. The highest BCUT2D eigenvalue weighted by molar-refractivity contribution is 6.03. The Kier molecular flexibility index (Phi) is 17.0. The van der Waals surface area contributed by atoms with Crippen molar-refractivity contribution in [3.63, 3.8) is 0 Å². The van der Waals surface area contributed by atoms with Gasteiger partial charge < -0.3 is 45.4 Å². The number of aromatic nitrogens is 3. The highest BCUT2D eigenvalue weighted by Gasteiger charge is 2.45. The van der Waals surface area contributed by atoms with Crippen LogP contribution in [0.15, 0.2) is 66.9 Å². The predicted octanol–water partition coefficient (Wildman–Crippen LogP) is 7.85. The number of nitrogens with zero attached hydrogens (tertiary/aromatic N) is 6. The van der Waals surface area contributed by atoms with Crippen molar-refractivity contribution in [2.24, 2.45) is 5.41 Å². The topological polar surface area (TPSA) is 195 Å². The second kappa shape index (κ2) is 24.1. The highest BCUT2D eigenvalue weighted by atomic mass is 19.2. The third kappa shape index (κ3) is 12.3. The van der Waals surface area contributed by atoms with Gasteiger partial charge in [-0.15, -0.1) is 6.42 Å². The van der Waals surface area contributed by atoms with E-state index in [-0.39, 0.29) is 101 Å². The van der Waals surface area contributed by atoms with Gasteiger partial charge in [0.15, 0.2) is 5.82 Å². The van der Waals surface area contributed by atoms with Crippen molar-refractivity contribution < 1.29 is 56.0 Å². The number of likely N-dealkylation sites (tertiary alicyclic amines) is 2. The molecule has 4 aliphatic heterocycles. The Bertz CT molecular complexity index is 3420. The second-order valence-corrected chi connectivity index (χ2v) is 22.9. The van der Waals surface area contributed by atoms with E-state index in [4.69, 9.17) is 20.9 Å². The SMILES string of the molecule is C#Cc1c(F)ccc2cc(O)cc(-c3ncc4c(N5CC6CCC(C5)N6)nc(OC[C@@H]5CCCN5CCCOCCC(=O)N[C@H](C(=O)N5C[C@H](O)C[C@H]5C(=O)N[C@@H](C)c5ccc(-c6c(F)cc(F)cc6F)cc5)C(C)(C)C)nc4c3F)c12. The molecule has 6 aromatic rings. The number of hydrogen-bond donors (Lipinski definition) is 5. The summed E-state index contributed by atoms with van der Waals surface area (Å²) in [6, 6.07) is 10.4. The number of terminal acetylenes is 1. The Labute approximate surface area is 471 Å². The summed E-state index contributed by atoms with van der Waals surface area (Å²) in [5.74, 6) is -3.41. The van der Waals surface area contributed by atoms with Gasteiger partial charge in [0.1, 0.15) is 64.7 Å². The molecule has 0 aliphatic carbocycles. The van der Waals surface area contributed by atoms with E-state index in [9.17, 15) is 37.8 Å². The van der Waals surface area contributed by atoms with E-state index in [1.54, 1.807) is 39.8 Å². The first-order valence-electron chi connectivity index (χ1n) is 27.8. The number of ether oxygens (including phenoxy) is 2. The van der Waals surface area contributed by atoms with E-state index in [1.807, 2.05) is 0 Å². The van der Waals surface area contributed by atoms with Crippen LogP contribution in [-0.4, -0.2) is 142 Å². The van der Waals surface area contributed by atoms with Crippen LogP contribution in [0.4, 0.5) is 27.8 Å². The highest BCUT2D eigenvalue weighted by Crippen LogP contribution is 2.40. The number of aromatic hydroxyl groups is 1. The van der Waals surface area contributed by atoms with Crippen LogP contribution in [0.2, 0.25) is 0 Å². The molecule has 3 amide bonds. The zero-order valence-corrected chi connectivity index (χ0v) is 46.1. The van der Waals surface area contributed by atoms with Gasteiger partial charge in [-0.1, -0.05) is 57.0 Å². The molecule has 0 spiro atoms. The minimum atomic E-state index is -1.05. The number of halogens is 5. The number of pyridine rings is 1. The molecule has 0 saturated carbocycles. The summed E-state index contributed by atoms with van der Waals surface area (Å²) >= 11 is 0. The molecule has 4 fully saturated rings. The van der Waals surface area contributed by atoms with Crippen LogP contribution in [-0.2, 0) is 19.1 Å². The third-order valence-electron chi connectivity index (χ3n) is 16.1. The number of β-amino-alcohol motifs (C(OH)–C–C–N with tert-alkyl or cyclic N) is 1. The largest absolute Gasteiger partial charge is 0.508 e. The lowest BCUT2D eigenvalue weighted by Crippen LogP contribution is -2.58. The number of anilines is 1. The van der Waals surface area contributed by atoms with Gasteiger partial charge in [0.2, 0.25) is 17.7 Å². The van der Waals surface area contributed by atoms with Gasteiger partial charge in [-0.3, -0.25) is 24.3 Å². The van der Waals surface area contributed by atoms with E-state index in [1.165, 1.54) is 47.5 Å². The number of phenols is 1. The van der Waals surface area contributed by atoms with Crippen LogP contribution < -0.4 is 25.6 Å². The molecule has 21 heteroatoms. The molecule has 2 unspecified atom stereocenters. The number of aliphatic hydroxyl groups is 1. The molecule has 10 rings (SSSR count). The molecule has 16 nitrogen and oxygen atoms in total. The van der Waals surface area contributed by atoms with E-state index < -0.39 is 76.5 Å². The van der Waals surface area contributed by atoms with E-state index in [0.717, 1.165) is 32.2 Å². The molecule has 2 bridgehead atoms. The van der Waals surface area contributed by atoms with Crippen molar-refractivity contribution in [2.75, 3.05) is 57.4 Å². The number of amides is 3. The van der Waals surface area contributed by atoms with Gasteiger partial charge in [0.05, 0.1) is 35.3 Å². The molecule has 0 radical (unpaired) electrons. The number of carbonyl (C=O) groups is 3. The third-order valence-corrected chi connectivity index (χ3v) is 16.1. The first-order chi connectivity index (χ1) is 39.2. The maximum Gasteiger partial charge on any atom is 0.319 e. The molecule has 4 saturated heterocycles. The number of aliphatic hydroxyl groups excluding tert-OH is 1. The quantitative estimate of drug-likeness (QED) is 0.0318. The number of piperazine rings is 1. The number of rotatable bonds is 18. The lowest BCUT2D eigenvalue weighted by Gasteiger charge is -2.35. The van der Waals surface area contributed by atoms with Gasteiger partial charge >= 0.3 is 6.01 Å². The van der Waals surface area contributed by atoms with Gasteiger partial charge in [-0.2, -0.15) is 9.97 Å². The maximum atomic E-state index is 17.1.